The van der Waals surface area contributed by atoms with E-state index >= 15 is 0 Å². The maximum atomic E-state index is 5.35. The molecular formula is C8H17NO. The van der Waals surface area contributed by atoms with Crippen LogP contribution in [0, 0.1) is 5.92 Å². The molecule has 0 aromatic heterocycles. The molecule has 0 aliphatic carbocycles. The molecule has 1 rings (SSSR count). The van der Waals surface area contributed by atoms with E-state index < -0.39 is 0 Å². The molecule has 0 bridgehead atoms. The van der Waals surface area contributed by atoms with E-state index in [2.05, 4.69) is 12.2 Å². The van der Waals surface area contributed by atoms with E-state index in [1.165, 1.54) is 12.8 Å². The largest absolute Gasteiger partial charge is 0.381 e. The Morgan fingerprint density at radius 2 is 2.40 bits per heavy atom. The van der Waals surface area contributed by atoms with Gasteiger partial charge in [0.15, 0.2) is 0 Å². The lowest BCUT2D eigenvalue weighted by molar-refractivity contribution is 0.0296. The first-order valence-corrected chi connectivity index (χ1v) is 4.12. The molecule has 1 saturated heterocycles. The number of ether oxygens (including phenoxy) is 1. The van der Waals surface area contributed by atoms with Gasteiger partial charge in [0.1, 0.15) is 0 Å². The zero-order valence-corrected chi connectivity index (χ0v) is 6.89. The van der Waals surface area contributed by atoms with Crippen molar-refractivity contribution < 1.29 is 4.74 Å². The number of hydrogen-bond acceptors (Lipinski definition) is 2. The van der Waals surface area contributed by atoms with Gasteiger partial charge in [-0.15, -0.1) is 0 Å². The van der Waals surface area contributed by atoms with Gasteiger partial charge in [0.2, 0.25) is 0 Å². The van der Waals surface area contributed by atoms with Crippen LogP contribution in [-0.4, -0.2) is 26.3 Å². The molecule has 0 radical (unpaired) electrons. The third kappa shape index (κ3) is 1.70. The van der Waals surface area contributed by atoms with Crippen LogP contribution >= 0.6 is 0 Å². The van der Waals surface area contributed by atoms with Crippen LogP contribution in [0.2, 0.25) is 0 Å². The summed E-state index contributed by atoms with van der Waals surface area (Å²) in [4.78, 5) is 0. The number of piperidine rings is 1. The minimum atomic E-state index is 0.506. The predicted molar refractivity (Wildman–Crippen MR) is 42.1 cm³/mol. The van der Waals surface area contributed by atoms with Crippen LogP contribution in [0.1, 0.15) is 19.8 Å². The fraction of sp³-hybridized carbons (Fsp3) is 1.00. The average Bonchev–Trinajstić information content (AvgIpc) is 2.04. The van der Waals surface area contributed by atoms with Gasteiger partial charge >= 0.3 is 0 Å². The molecule has 10 heavy (non-hydrogen) atoms. The highest BCUT2D eigenvalue weighted by atomic mass is 16.5. The summed E-state index contributed by atoms with van der Waals surface area (Å²) in [7, 11) is 1.82. The van der Waals surface area contributed by atoms with Crippen LogP contribution in [0.15, 0.2) is 0 Å². The molecule has 1 heterocycles. The van der Waals surface area contributed by atoms with Crippen molar-refractivity contribution in [1.82, 2.24) is 5.32 Å². The van der Waals surface area contributed by atoms with E-state index in [-0.39, 0.29) is 0 Å². The summed E-state index contributed by atoms with van der Waals surface area (Å²) in [5.74, 6) is 0.735. The quantitative estimate of drug-likeness (QED) is 0.623. The highest BCUT2D eigenvalue weighted by molar-refractivity contribution is 4.76. The van der Waals surface area contributed by atoms with Crippen LogP contribution in [0.25, 0.3) is 0 Å². The van der Waals surface area contributed by atoms with Gasteiger partial charge in [-0.1, -0.05) is 6.92 Å². The molecule has 1 fully saturated rings. The first-order chi connectivity index (χ1) is 4.88. The molecule has 60 valence electrons. The van der Waals surface area contributed by atoms with E-state index in [1.54, 1.807) is 0 Å². The molecule has 0 saturated carbocycles. The smallest absolute Gasteiger partial charge is 0.0623 e. The zero-order valence-electron chi connectivity index (χ0n) is 6.89. The molecule has 0 aromatic carbocycles. The monoisotopic (exact) mass is 143 g/mol. The summed E-state index contributed by atoms with van der Waals surface area (Å²) < 4.78 is 5.35. The molecule has 2 heteroatoms. The Balaban J connectivity index is 2.34. The lowest BCUT2D eigenvalue weighted by atomic mass is 9.94. The highest BCUT2D eigenvalue weighted by Crippen LogP contribution is 2.16. The standard InChI is InChI=1S/C8H17NO/c1-3-7-6-9-5-4-8(7)10-2/h7-9H,3-6H2,1-2H3. The van der Waals surface area contributed by atoms with Crippen molar-refractivity contribution in [2.45, 2.75) is 25.9 Å². The molecule has 0 amide bonds. The Bertz CT molecular complexity index is 83.3. The fourth-order valence-electron chi connectivity index (χ4n) is 1.62. The zero-order chi connectivity index (χ0) is 7.40. The lowest BCUT2D eigenvalue weighted by Gasteiger charge is -2.30. The summed E-state index contributed by atoms with van der Waals surface area (Å²) in [5.41, 5.74) is 0. The van der Waals surface area contributed by atoms with Crippen molar-refractivity contribution in [1.29, 1.82) is 0 Å². The first kappa shape index (κ1) is 8.02. The second-order valence-electron chi connectivity index (χ2n) is 2.94. The molecule has 0 aromatic rings. The summed E-state index contributed by atoms with van der Waals surface area (Å²) >= 11 is 0. The third-order valence-corrected chi connectivity index (χ3v) is 2.37. The summed E-state index contributed by atoms with van der Waals surface area (Å²) in [5, 5.41) is 3.37. The predicted octanol–water partition coefficient (Wildman–Crippen LogP) is 1.02. The van der Waals surface area contributed by atoms with Crippen molar-refractivity contribution in [3.8, 4) is 0 Å². The van der Waals surface area contributed by atoms with Crippen LogP contribution in [0.4, 0.5) is 0 Å². The highest BCUT2D eigenvalue weighted by Gasteiger charge is 2.22. The second kappa shape index (κ2) is 3.94. The average molecular weight is 143 g/mol. The summed E-state index contributed by atoms with van der Waals surface area (Å²) in [6, 6.07) is 0. The Labute approximate surface area is 63.0 Å². The summed E-state index contributed by atoms with van der Waals surface area (Å²) in [6.07, 6.45) is 2.91. The van der Waals surface area contributed by atoms with Gasteiger partial charge in [-0.25, -0.2) is 0 Å². The third-order valence-electron chi connectivity index (χ3n) is 2.37. The van der Waals surface area contributed by atoms with Gasteiger partial charge in [0, 0.05) is 13.7 Å². The molecule has 2 unspecified atom stereocenters. The Morgan fingerprint density at radius 3 is 2.90 bits per heavy atom. The lowest BCUT2D eigenvalue weighted by Crippen LogP contribution is -2.40. The van der Waals surface area contributed by atoms with Gasteiger partial charge in [-0.3, -0.25) is 0 Å². The van der Waals surface area contributed by atoms with E-state index in [0.29, 0.717) is 6.10 Å². The maximum Gasteiger partial charge on any atom is 0.0623 e. The fourth-order valence-corrected chi connectivity index (χ4v) is 1.62. The minimum Gasteiger partial charge on any atom is -0.381 e. The molecular weight excluding hydrogens is 126 g/mol. The van der Waals surface area contributed by atoms with E-state index in [0.717, 1.165) is 19.0 Å². The normalized spacial score (nSPS) is 34.2. The number of hydrogen-bond donors (Lipinski definition) is 1. The topological polar surface area (TPSA) is 21.3 Å². The Morgan fingerprint density at radius 1 is 1.60 bits per heavy atom. The number of rotatable bonds is 2. The van der Waals surface area contributed by atoms with Gasteiger partial charge in [0.25, 0.3) is 0 Å². The van der Waals surface area contributed by atoms with Crippen molar-refractivity contribution in [2.75, 3.05) is 20.2 Å². The van der Waals surface area contributed by atoms with Crippen LogP contribution in [-0.2, 0) is 4.74 Å². The second-order valence-corrected chi connectivity index (χ2v) is 2.94. The first-order valence-electron chi connectivity index (χ1n) is 4.12. The molecule has 1 N–H and O–H groups in total. The molecule has 0 spiro atoms. The molecule has 2 atom stereocenters. The summed E-state index contributed by atoms with van der Waals surface area (Å²) in [6.45, 7) is 4.48. The van der Waals surface area contributed by atoms with Crippen LogP contribution in [0.3, 0.4) is 0 Å². The van der Waals surface area contributed by atoms with Gasteiger partial charge in [-0.05, 0) is 25.3 Å². The SMILES string of the molecule is CCC1CNCCC1OC. The maximum absolute atomic E-state index is 5.35. The molecule has 1 aliphatic rings. The van der Waals surface area contributed by atoms with Crippen molar-refractivity contribution >= 4 is 0 Å². The van der Waals surface area contributed by atoms with E-state index in [9.17, 15) is 0 Å². The van der Waals surface area contributed by atoms with Gasteiger partial charge in [0.05, 0.1) is 6.10 Å². The number of nitrogens with one attached hydrogen (secondary N) is 1. The van der Waals surface area contributed by atoms with Crippen LogP contribution in [0.5, 0.6) is 0 Å². The minimum absolute atomic E-state index is 0.506. The van der Waals surface area contributed by atoms with Crippen LogP contribution < -0.4 is 5.32 Å². The van der Waals surface area contributed by atoms with Crippen molar-refractivity contribution in [3.63, 3.8) is 0 Å². The van der Waals surface area contributed by atoms with E-state index in [1.807, 2.05) is 7.11 Å². The van der Waals surface area contributed by atoms with Gasteiger partial charge < -0.3 is 10.1 Å². The van der Waals surface area contributed by atoms with Gasteiger partial charge in [-0.2, -0.15) is 0 Å². The van der Waals surface area contributed by atoms with Crippen molar-refractivity contribution in [3.05, 3.63) is 0 Å². The van der Waals surface area contributed by atoms with Crippen molar-refractivity contribution in [2.24, 2.45) is 5.92 Å². The Kier molecular flexibility index (Phi) is 3.16. The molecule has 1 aliphatic heterocycles. The molecule has 2 nitrogen and oxygen atoms in total. The number of methoxy groups -OCH3 is 1. The Hall–Kier alpha value is -0.0800. The van der Waals surface area contributed by atoms with E-state index in [4.69, 9.17) is 4.74 Å².